The van der Waals surface area contributed by atoms with Crippen molar-refractivity contribution in [3.05, 3.63) is 11.1 Å². The summed E-state index contributed by atoms with van der Waals surface area (Å²) in [5.41, 5.74) is 3.14. The molecular weight excluding hydrogens is 498 g/mol. The molecule has 0 unspecified atom stereocenters. The topological polar surface area (TPSA) is 234 Å². The first-order chi connectivity index (χ1) is 15.7. The zero-order valence-electron chi connectivity index (χ0n) is 17.8. The highest BCUT2D eigenvalue weighted by molar-refractivity contribution is 7.84. The Bertz CT molecular complexity index is 1160. The molecule has 0 spiro atoms. The molecule has 2 aliphatic rings. The minimum Gasteiger partial charge on any atom is -0.478 e. The number of oxime groups is 1. The van der Waals surface area contributed by atoms with Crippen LogP contribution < -0.4 is 16.4 Å². The van der Waals surface area contributed by atoms with E-state index in [0.717, 1.165) is 11.3 Å². The lowest BCUT2D eigenvalue weighted by molar-refractivity contribution is -0.161. The number of nitrogens with two attached hydrogens (primary N) is 1. The van der Waals surface area contributed by atoms with E-state index in [1.54, 1.807) is 0 Å². The molecule has 18 heteroatoms. The predicted octanol–water partition coefficient (Wildman–Crippen LogP) is -2.17. The Morgan fingerprint density at radius 3 is 2.62 bits per heavy atom. The summed E-state index contributed by atoms with van der Waals surface area (Å²) in [5.74, 6) is -3.59. The highest BCUT2D eigenvalue weighted by atomic mass is 32.2. The number of nitrogens with one attached hydrogen (secondary N) is 2. The number of carbonyl (C=O) groups excluding carboxylic acids is 3. The van der Waals surface area contributed by atoms with Crippen molar-refractivity contribution in [2.75, 3.05) is 25.4 Å². The third-order valence-corrected chi connectivity index (χ3v) is 6.54. The Balaban J connectivity index is 1.87. The average molecular weight is 520 g/mol. The van der Waals surface area contributed by atoms with E-state index in [-0.39, 0.29) is 28.2 Å². The molecule has 2 fully saturated rings. The van der Waals surface area contributed by atoms with Crippen molar-refractivity contribution in [3.8, 4) is 0 Å². The van der Waals surface area contributed by atoms with Gasteiger partial charge >= 0.3 is 22.3 Å². The molecule has 0 bridgehead atoms. The number of carbonyl (C=O) groups is 4. The number of aromatic nitrogens is 1. The normalized spacial score (nSPS) is 21.2. The van der Waals surface area contributed by atoms with Gasteiger partial charge in [0.1, 0.15) is 11.7 Å². The van der Waals surface area contributed by atoms with E-state index < -0.39 is 57.5 Å². The van der Waals surface area contributed by atoms with E-state index in [9.17, 15) is 37.3 Å². The summed E-state index contributed by atoms with van der Waals surface area (Å²) in [6.07, 6.45) is 0. The minimum absolute atomic E-state index is 0.0585. The van der Waals surface area contributed by atoms with E-state index in [2.05, 4.69) is 20.8 Å². The number of carboxylic acids is 1. The molecule has 6 N–H and O–H groups in total. The fourth-order valence-corrected chi connectivity index (χ4v) is 4.48. The van der Waals surface area contributed by atoms with Gasteiger partial charge in [0.05, 0.1) is 6.04 Å². The summed E-state index contributed by atoms with van der Waals surface area (Å²) in [4.78, 5) is 58.7. The summed E-state index contributed by atoms with van der Waals surface area (Å²) in [6, 6.07) is -3.28. The highest BCUT2D eigenvalue weighted by Crippen LogP contribution is 2.25. The summed E-state index contributed by atoms with van der Waals surface area (Å²) in [7, 11) is -4.97. The first-order valence-electron chi connectivity index (χ1n) is 9.57. The van der Waals surface area contributed by atoms with Crippen LogP contribution in [0.25, 0.3) is 0 Å². The monoisotopic (exact) mass is 519 g/mol. The maximum Gasteiger partial charge on any atom is 0.362 e. The fraction of sp³-hybridized carbons (Fsp3) is 0.500. The van der Waals surface area contributed by atoms with Gasteiger partial charge in [-0.1, -0.05) is 5.16 Å². The third kappa shape index (κ3) is 5.02. The molecular formula is C16H21N7O9S2. The molecule has 16 nitrogen and oxygen atoms in total. The van der Waals surface area contributed by atoms with Crippen LogP contribution in [-0.4, -0.2) is 99.1 Å². The van der Waals surface area contributed by atoms with Gasteiger partial charge in [-0.05, 0) is 13.8 Å². The molecule has 2 atom stereocenters. The van der Waals surface area contributed by atoms with Gasteiger partial charge in [-0.15, -0.1) is 11.3 Å². The summed E-state index contributed by atoms with van der Waals surface area (Å²) in [6.45, 7) is 2.56. The number of hydrogen-bond donors (Lipinski definition) is 5. The van der Waals surface area contributed by atoms with Crippen molar-refractivity contribution >= 4 is 56.3 Å². The second-order valence-electron chi connectivity index (χ2n) is 7.73. The van der Waals surface area contributed by atoms with Crippen LogP contribution >= 0.6 is 11.3 Å². The number of urea groups is 1. The van der Waals surface area contributed by atoms with Crippen molar-refractivity contribution in [1.29, 1.82) is 0 Å². The van der Waals surface area contributed by atoms with Crippen LogP contribution in [-0.2, 0) is 29.5 Å². The zero-order valence-corrected chi connectivity index (χ0v) is 19.4. The maximum atomic E-state index is 13.0. The van der Waals surface area contributed by atoms with Gasteiger partial charge in [-0.3, -0.25) is 14.1 Å². The molecule has 0 radical (unpaired) electrons. The highest BCUT2D eigenvalue weighted by Gasteiger charge is 2.55. The van der Waals surface area contributed by atoms with Gasteiger partial charge in [-0.25, -0.2) is 18.9 Å². The zero-order chi connectivity index (χ0) is 25.4. The molecule has 0 aromatic carbocycles. The lowest BCUT2D eigenvalue weighted by Crippen LogP contribution is -2.74. The van der Waals surface area contributed by atoms with Gasteiger partial charge in [0, 0.05) is 25.0 Å². The van der Waals surface area contributed by atoms with E-state index in [1.807, 2.05) is 0 Å². The number of nitrogens with zero attached hydrogens (tertiary/aromatic N) is 4. The average Bonchev–Trinajstić information content (AvgIpc) is 3.32. The second kappa shape index (κ2) is 9.03. The minimum atomic E-state index is -4.97. The van der Waals surface area contributed by atoms with E-state index in [1.165, 1.54) is 24.1 Å². The van der Waals surface area contributed by atoms with E-state index in [4.69, 9.17) is 10.6 Å². The first kappa shape index (κ1) is 25.1. The number of rotatable bonds is 9. The number of anilines is 1. The molecule has 2 aliphatic heterocycles. The summed E-state index contributed by atoms with van der Waals surface area (Å²) in [5, 5.41) is 19.0. The smallest absolute Gasteiger partial charge is 0.362 e. The van der Waals surface area contributed by atoms with Gasteiger partial charge in [-0.2, -0.15) is 8.42 Å². The van der Waals surface area contributed by atoms with Crippen molar-refractivity contribution in [3.63, 3.8) is 0 Å². The Hall–Kier alpha value is -3.51. The van der Waals surface area contributed by atoms with Crippen molar-refractivity contribution in [1.82, 2.24) is 24.8 Å². The fourth-order valence-electron chi connectivity index (χ4n) is 3.06. The molecule has 3 rings (SSSR count). The molecule has 1 aromatic heterocycles. The largest absolute Gasteiger partial charge is 0.478 e. The Labute approximate surface area is 196 Å². The number of nitrogen functional groups attached to an aromatic ring is 1. The standard InChI is InChI=1S/C16H21N7O9S2/c1-16(2,13(26)27)32-21-9(7-6-33-14(17)19-7)11(24)20-10-8(5-22-4-3-18-15(22)28)23(12(10)25)34(29,30)31/h6,8,10H,3-5H2,1-2H3,(H2,17,19)(H,18,28)(H,20,24)(H,26,27)(H,29,30,31)/b21-9-/t8-,10+/m1/s1. The summed E-state index contributed by atoms with van der Waals surface area (Å²) >= 11 is 0.950. The van der Waals surface area contributed by atoms with Gasteiger partial charge < -0.3 is 31.2 Å². The molecule has 1 aromatic rings. The number of hydrogen-bond acceptors (Lipinski definition) is 11. The third-order valence-electron chi connectivity index (χ3n) is 4.92. The van der Waals surface area contributed by atoms with Crippen LogP contribution in [0.15, 0.2) is 10.5 Å². The SMILES string of the molecule is CC(C)(O/N=C(\C(=O)N[C@@H]1C(=O)N(S(=O)(=O)O)[C@@H]1CN1CCNC1=O)c1csc(N)n1)C(=O)O. The Kier molecular flexibility index (Phi) is 6.67. The number of thiazole rings is 1. The number of amides is 4. The molecule has 4 amide bonds. The number of carboxylic acid groups (broad SMARTS) is 1. The predicted molar refractivity (Wildman–Crippen MR) is 115 cm³/mol. The van der Waals surface area contributed by atoms with Crippen LogP contribution in [0.3, 0.4) is 0 Å². The number of aliphatic carboxylic acids is 1. The Morgan fingerprint density at radius 1 is 1.44 bits per heavy atom. The molecule has 2 saturated heterocycles. The lowest BCUT2D eigenvalue weighted by Gasteiger charge is -2.45. The van der Waals surface area contributed by atoms with Gasteiger partial charge in [0.15, 0.2) is 10.8 Å². The van der Waals surface area contributed by atoms with Crippen LogP contribution in [0.2, 0.25) is 0 Å². The number of β-lactam (4-membered cyclic amide) rings is 1. The summed E-state index contributed by atoms with van der Waals surface area (Å²) < 4.78 is 32.9. The maximum absolute atomic E-state index is 13.0. The van der Waals surface area contributed by atoms with Gasteiger partial charge in [0.25, 0.3) is 11.8 Å². The van der Waals surface area contributed by atoms with Crippen molar-refractivity contribution < 1.29 is 42.1 Å². The first-order valence-corrected chi connectivity index (χ1v) is 11.9. The van der Waals surface area contributed by atoms with E-state index >= 15 is 0 Å². The second-order valence-corrected chi connectivity index (χ2v) is 9.90. The van der Waals surface area contributed by atoms with Crippen LogP contribution in [0, 0.1) is 0 Å². The lowest BCUT2D eigenvalue weighted by atomic mass is 9.97. The van der Waals surface area contributed by atoms with Crippen LogP contribution in [0.5, 0.6) is 0 Å². The van der Waals surface area contributed by atoms with Gasteiger partial charge in [0.2, 0.25) is 5.60 Å². The van der Waals surface area contributed by atoms with Crippen molar-refractivity contribution in [2.24, 2.45) is 5.16 Å². The van der Waals surface area contributed by atoms with Crippen LogP contribution in [0.1, 0.15) is 19.5 Å². The molecule has 0 aliphatic carbocycles. The molecule has 186 valence electrons. The Morgan fingerprint density at radius 2 is 2.12 bits per heavy atom. The van der Waals surface area contributed by atoms with Crippen LogP contribution in [0.4, 0.5) is 9.93 Å². The van der Waals surface area contributed by atoms with E-state index in [0.29, 0.717) is 6.54 Å². The molecule has 34 heavy (non-hydrogen) atoms. The van der Waals surface area contributed by atoms with Crippen molar-refractivity contribution in [2.45, 2.75) is 31.5 Å². The quantitative estimate of drug-likeness (QED) is 0.102. The molecule has 3 heterocycles. The molecule has 0 saturated carbocycles.